The molecule has 110 valence electrons. The van der Waals surface area contributed by atoms with Crippen molar-refractivity contribution in [2.75, 3.05) is 7.11 Å². The fraction of sp³-hybridized carbons (Fsp3) is 0.385. The molecule has 0 bridgehead atoms. The Morgan fingerprint density at radius 3 is 2.40 bits per heavy atom. The summed E-state index contributed by atoms with van der Waals surface area (Å²) in [6.45, 7) is 3.62. The molecule has 2 amide bonds. The van der Waals surface area contributed by atoms with E-state index in [2.05, 4.69) is 15.6 Å². The Hall–Kier alpha value is -1.30. The van der Waals surface area contributed by atoms with Crippen molar-refractivity contribution in [2.45, 2.75) is 19.9 Å². The molecule has 5 nitrogen and oxygen atoms in total. The standard InChI is InChI=1S/C13H16Cl2N2O3/c1-7(2)11(13(19)17-20-3)16-12(18)9-5-4-8(14)6-10(9)15/h4-7,11H,1-3H3,(H,16,18)(H,17,19)/t11-/m0/s1. The number of benzene rings is 1. The first kappa shape index (κ1) is 16.8. The summed E-state index contributed by atoms with van der Waals surface area (Å²) >= 11 is 11.7. The molecular formula is C13H16Cl2N2O3. The molecule has 0 aliphatic heterocycles. The Kier molecular flexibility index (Phi) is 6.26. The van der Waals surface area contributed by atoms with E-state index >= 15 is 0 Å². The van der Waals surface area contributed by atoms with Gasteiger partial charge in [0.25, 0.3) is 11.8 Å². The first-order valence-electron chi connectivity index (χ1n) is 5.95. The third-order valence-corrected chi connectivity index (χ3v) is 3.16. The van der Waals surface area contributed by atoms with Crippen molar-refractivity contribution in [1.29, 1.82) is 0 Å². The number of rotatable bonds is 5. The number of amides is 2. The predicted octanol–water partition coefficient (Wildman–Crippen LogP) is 2.43. The Bertz CT molecular complexity index is 506. The van der Waals surface area contributed by atoms with Gasteiger partial charge in [-0.2, -0.15) is 0 Å². The summed E-state index contributed by atoms with van der Waals surface area (Å²) in [6, 6.07) is 3.81. The second-order valence-electron chi connectivity index (χ2n) is 4.49. The average molecular weight is 319 g/mol. The van der Waals surface area contributed by atoms with Crippen molar-refractivity contribution in [3.8, 4) is 0 Å². The van der Waals surface area contributed by atoms with Gasteiger partial charge >= 0.3 is 0 Å². The van der Waals surface area contributed by atoms with Gasteiger partial charge in [0.2, 0.25) is 0 Å². The van der Waals surface area contributed by atoms with Crippen LogP contribution in [0.25, 0.3) is 0 Å². The van der Waals surface area contributed by atoms with Crippen LogP contribution < -0.4 is 10.8 Å². The van der Waals surface area contributed by atoms with Crippen LogP contribution in [0.2, 0.25) is 10.0 Å². The average Bonchev–Trinajstić information content (AvgIpc) is 2.35. The molecule has 0 fully saturated rings. The van der Waals surface area contributed by atoms with Gasteiger partial charge in [-0.1, -0.05) is 37.0 Å². The predicted molar refractivity (Wildman–Crippen MR) is 77.7 cm³/mol. The maximum atomic E-state index is 12.1. The Labute approximate surface area is 127 Å². The van der Waals surface area contributed by atoms with E-state index in [9.17, 15) is 9.59 Å². The van der Waals surface area contributed by atoms with Crippen LogP contribution in [-0.2, 0) is 9.63 Å². The third kappa shape index (κ3) is 4.37. The Balaban J connectivity index is 2.88. The number of hydroxylamine groups is 1. The summed E-state index contributed by atoms with van der Waals surface area (Å²) < 4.78 is 0. The molecule has 0 radical (unpaired) electrons. The third-order valence-electron chi connectivity index (χ3n) is 2.61. The number of nitrogens with one attached hydrogen (secondary N) is 2. The lowest BCUT2D eigenvalue weighted by atomic mass is 10.0. The van der Waals surface area contributed by atoms with Crippen LogP contribution in [0.5, 0.6) is 0 Å². The van der Waals surface area contributed by atoms with E-state index in [0.717, 1.165) is 0 Å². The number of halogens is 2. The highest BCUT2D eigenvalue weighted by molar-refractivity contribution is 6.36. The highest BCUT2D eigenvalue weighted by atomic mass is 35.5. The van der Waals surface area contributed by atoms with Crippen LogP contribution in [0, 0.1) is 5.92 Å². The van der Waals surface area contributed by atoms with E-state index in [1.807, 2.05) is 13.8 Å². The van der Waals surface area contributed by atoms with Crippen molar-refractivity contribution in [2.24, 2.45) is 5.92 Å². The van der Waals surface area contributed by atoms with Crippen LogP contribution in [0.3, 0.4) is 0 Å². The maximum absolute atomic E-state index is 12.1. The van der Waals surface area contributed by atoms with Crippen molar-refractivity contribution >= 4 is 35.0 Å². The van der Waals surface area contributed by atoms with Crippen molar-refractivity contribution in [1.82, 2.24) is 10.8 Å². The molecule has 2 N–H and O–H groups in total. The highest BCUT2D eigenvalue weighted by Crippen LogP contribution is 2.21. The SMILES string of the molecule is CONC(=O)[C@@H](NC(=O)c1ccc(Cl)cc1Cl)C(C)C. The summed E-state index contributed by atoms with van der Waals surface area (Å²) in [6.07, 6.45) is 0. The van der Waals surface area contributed by atoms with Crippen LogP contribution in [0.1, 0.15) is 24.2 Å². The zero-order valence-corrected chi connectivity index (χ0v) is 12.9. The quantitative estimate of drug-likeness (QED) is 0.819. The molecular weight excluding hydrogens is 303 g/mol. The monoisotopic (exact) mass is 318 g/mol. The first-order valence-corrected chi connectivity index (χ1v) is 6.71. The van der Waals surface area contributed by atoms with Crippen molar-refractivity contribution < 1.29 is 14.4 Å². The zero-order valence-electron chi connectivity index (χ0n) is 11.4. The molecule has 0 heterocycles. The molecule has 0 spiro atoms. The molecule has 1 rings (SSSR count). The molecule has 20 heavy (non-hydrogen) atoms. The second kappa shape index (κ2) is 7.47. The van der Waals surface area contributed by atoms with Gasteiger partial charge < -0.3 is 5.32 Å². The number of hydrogen-bond acceptors (Lipinski definition) is 3. The fourth-order valence-electron chi connectivity index (χ4n) is 1.59. The Morgan fingerprint density at radius 2 is 1.90 bits per heavy atom. The first-order chi connectivity index (χ1) is 9.36. The van der Waals surface area contributed by atoms with Crippen LogP contribution in [0.15, 0.2) is 18.2 Å². The number of hydrogen-bond donors (Lipinski definition) is 2. The minimum Gasteiger partial charge on any atom is -0.340 e. The van der Waals surface area contributed by atoms with E-state index < -0.39 is 17.9 Å². The normalized spacial score (nSPS) is 12.1. The molecule has 0 saturated heterocycles. The van der Waals surface area contributed by atoms with Crippen LogP contribution >= 0.6 is 23.2 Å². The number of carbonyl (C=O) groups is 2. The lowest BCUT2D eigenvalue weighted by Crippen LogP contribution is -2.49. The molecule has 0 aliphatic rings. The fourth-order valence-corrected chi connectivity index (χ4v) is 2.09. The van der Waals surface area contributed by atoms with E-state index in [4.69, 9.17) is 23.2 Å². The van der Waals surface area contributed by atoms with Gasteiger partial charge in [-0.05, 0) is 24.1 Å². The molecule has 0 aromatic heterocycles. The van der Waals surface area contributed by atoms with Crippen LogP contribution in [-0.4, -0.2) is 25.0 Å². The summed E-state index contributed by atoms with van der Waals surface area (Å²) in [4.78, 5) is 28.5. The smallest absolute Gasteiger partial charge is 0.266 e. The maximum Gasteiger partial charge on any atom is 0.266 e. The van der Waals surface area contributed by atoms with Gasteiger partial charge in [0.15, 0.2) is 0 Å². The molecule has 0 unspecified atom stereocenters. The zero-order chi connectivity index (χ0) is 15.3. The van der Waals surface area contributed by atoms with E-state index in [1.54, 1.807) is 6.07 Å². The minimum atomic E-state index is -0.728. The summed E-state index contributed by atoms with van der Waals surface area (Å²) in [5, 5.41) is 3.28. The second-order valence-corrected chi connectivity index (χ2v) is 5.33. The molecule has 7 heteroatoms. The summed E-state index contributed by atoms with van der Waals surface area (Å²) in [7, 11) is 1.33. The van der Waals surface area contributed by atoms with Gasteiger partial charge in [0.1, 0.15) is 6.04 Å². The van der Waals surface area contributed by atoms with Gasteiger partial charge in [0, 0.05) is 5.02 Å². The minimum absolute atomic E-state index is 0.111. The Morgan fingerprint density at radius 1 is 1.25 bits per heavy atom. The highest BCUT2D eigenvalue weighted by Gasteiger charge is 2.25. The van der Waals surface area contributed by atoms with Crippen molar-refractivity contribution in [3.63, 3.8) is 0 Å². The van der Waals surface area contributed by atoms with Crippen LogP contribution in [0.4, 0.5) is 0 Å². The van der Waals surface area contributed by atoms with Gasteiger partial charge in [-0.25, -0.2) is 5.48 Å². The largest absolute Gasteiger partial charge is 0.340 e. The topological polar surface area (TPSA) is 67.4 Å². The molecule has 0 saturated carbocycles. The van der Waals surface area contributed by atoms with E-state index in [0.29, 0.717) is 5.02 Å². The van der Waals surface area contributed by atoms with Crippen molar-refractivity contribution in [3.05, 3.63) is 33.8 Å². The van der Waals surface area contributed by atoms with Gasteiger partial charge in [0.05, 0.1) is 17.7 Å². The molecule has 1 atom stereocenters. The summed E-state index contributed by atoms with van der Waals surface area (Å²) in [5.41, 5.74) is 2.46. The summed E-state index contributed by atoms with van der Waals surface area (Å²) in [5.74, 6) is -0.988. The van der Waals surface area contributed by atoms with E-state index in [-0.39, 0.29) is 16.5 Å². The lowest BCUT2D eigenvalue weighted by molar-refractivity contribution is -0.134. The molecule has 1 aromatic carbocycles. The van der Waals surface area contributed by atoms with Gasteiger partial charge in [-0.15, -0.1) is 0 Å². The van der Waals surface area contributed by atoms with E-state index in [1.165, 1.54) is 19.2 Å². The lowest BCUT2D eigenvalue weighted by Gasteiger charge is -2.21. The van der Waals surface area contributed by atoms with Gasteiger partial charge in [-0.3, -0.25) is 14.4 Å². The number of carbonyl (C=O) groups excluding carboxylic acids is 2. The molecule has 1 aromatic rings. The molecule has 0 aliphatic carbocycles.